The lowest BCUT2D eigenvalue weighted by molar-refractivity contribution is 1.32. The van der Waals surface area contributed by atoms with Crippen molar-refractivity contribution >= 4 is 8.19 Å². The Labute approximate surface area is 87.1 Å². The highest BCUT2D eigenvalue weighted by molar-refractivity contribution is 7.28. The van der Waals surface area contributed by atoms with Crippen molar-refractivity contribution in [3.8, 4) is 11.1 Å². The van der Waals surface area contributed by atoms with Crippen LogP contribution in [0.2, 0.25) is 0 Å². The Balaban J connectivity index is 2.64. The highest BCUT2D eigenvalue weighted by Gasteiger charge is 2.05. The molecule has 1 heterocycles. The molecule has 0 fully saturated rings. The van der Waals surface area contributed by atoms with Crippen molar-refractivity contribution in [2.75, 3.05) is 0 Å². The maximum absolute atomic E-state index is 2.32. The van der Waals surface area contributed by atoms with Crippen LogP contribution in [-0.2, 0) is 0 Å². The molecular formula is C13H15P. The summed E-state index contributed by atoms with van der Waals surface area (Å²) in [5.41, 5.74) is 6.97. The molecule has 0 spiro atoms. The first-order valence-corrected chi connectivity index (χ1v) is 6.05. The summed E-state index contributed by atoms with van der Waals surface area (Å²) in [4.78, 5) is 0. The number of rotatable bonds is 1. The van der Waals surface area contributed by atoms with E-state index in [9.17, 15) is 0 Å². The van der Waals surface area contributed by atoms with Crippen LogP contribution in [0.1, 0.15) is 16.7 Å². The van der Waals surface area contributed by atoms with Crippen LogP contribution >= 0.6 is 8.19 Å². The molecule has 2 aromatic rings. The number of hydrogen-bond acceptors (Lipinski definition) is 0. The summed E-state index contributed by atoms with van der Waals surface area (Å²) in [5.74, 6) is 4.57. The van der Waals surface area contributed by atoms with E-state index in [1.165, 1.54) is 27.8 Å². The van der Waals surface area contributed by atoms with E-state index < -0.39 is 0 Å². The largest absolute Gasteiger partial charge is 0.139 e. The molecule has 1 aromatic heterocycles. The molecule has 0 bridgehead atoms. The molecule has 0 radical (unpaired) electrons. The monoisotopic (exact) mass is 202 g/mol. The first kappa shape index (κ1) is 9.55. The van der Waals surface area contributed by atoms with Gasteiger partial charge in [-0.25, -0.2) is 0 Å². The van der Waals surface area contributed by atoms with E-state index in [1.807, 2.05) is 0 Å². The van der Waals surface area contributed by atoms with E-state index in [0.717, 1.165) is 8.19 Å². The van der Waals surface area contributed by atoms with Crippen molar-refractivity contribution in [2.24, 2.45) is 0 Å². The predicted octanol–water partition coefficient (Wildman–Crippen LogP) is 4.31. The van der Waals surface area contributed by atoms with Gasteiger partial charge in [-0.3, -0.25) is 0 Å². The Morgan fingerprint density at radius 1 is 1.00 bits per heavy atom. The Morgan fingerprint density at radius 3 is 2.14 bits per heavy atom. The second-order valence-electron chi connectivity index (χ2n) is 3.87. The zero-order chi connectivity index (χ0) is 10.1. The Bertz CT molecular complexity index is 415. The van der Waals surface area contributed by atoms with Crippen molar-refractivity contribution in [1.29, 1.82) is 0 Å². The SMILES string of the molecule is Cc1cc(C)c(-c2cc[pH]c2)c(C)c1. The van der Waals surface area contributed by atoms with Crippen LogP contribution in [0.4, 0.5) is 0 Å². The van der Waals surface area contributed by atoms with Crippen LogP contribution < -0.4 is 0 Å². The fourth-order valence-corrected chi connectivity index (χ4v) is 2.91. The maximum Gasteiger partial charge on any atom is -0.0122 e. The molecule has 0 aliphatic carbocycles. The van der Waals surface area contributed by atoms with Gasteiger partial charge in [0.1, 0.15) is 0 Å². The van der Waals surface area contributed by atoms with Gasteiger partial charge in [0.05, 0.1) is 0 Å². The summed E-state index contributed by atoms with van der Waals surface area (Å²) in [6.07, 6.45) is 0. The molecule has 0 N–H and O–H groups in total. The van der Waals surface area contributed by atoms with E-state index in [1.54, 1.807) is 0 Å². The minimum Gasteiger partial charge on any atom is -0.139 e. The van der Waals surface area contributed by atoms with Gasteiger partial charge in [-0.15, -0.1) is 8.19 Å². The van der Waals surface area contributed by atoms with E-state index in [0.29, 0.717) is 0 Å². The summed E-state index contributed by atoms with van der Waals surface area (Å²) < 4.78 is 0. The molecule has 0 amide bonds. The summed E-state index contributed by atoms with van der Waals surface area (Å²) in [6.45, 7) is 6.56. The molecule has 0 aliphatic rings. The number of benzene rings is 1. The fraction of sp³-hybridized carbons (Fsp3) is 0.231. The van der Waals surface area contributed by atoms with Crippen LogP contribution in [-0.4, -0.2) is 0 Å². The average Bonchev–Trinajstić information content (AvgIpc) is 2.54. The van der Waals surface area contributed by atoms with Crippen molar-refractivity contribution in [3.63, 3.8) is 0 Å². The molecule has 1 unspecified atom stereocenters. The zero-order valence-corrected chi connectivity index (χ0v) is 9.89. The zero-order valence-electron chi connectivity index (χ0n) is 8.89. The Kier molecular flexibility index (Phi) is 2.48. The van der Waals surface area contributed by atoms with Crippen molar-refractivity contribution in [1.82, 2.24) is 0 Å². The lowest BCUT2D eigenvalue weighted by Crippen LogP contribution is -1.88. The van der Waals surface area contributed by atoms with Crippen LogP contribution in [0.5, 0.6) is 0 Å². The van der Waals surface area contributed by atoms with Crippen molar-refractivity contribution in [3.05, 3.63) is 46.5 Å². The molecule has 14 heavy (non-hydrogen) atoms. The second-order valence-corrected chi connectivity index (χ2v) is 4.83. The van der Waals surface area contributed by atoms with Crippen LogP contribution in [0.15, 0.2) is 29.8 Å². The van der Waals surface area contributed by atoms with Gasteiger partial charge in [0.2, 0.25) is 0 Å². The Hall–Kier alpha value is -1.00. The molecule has 0 saturated heterocycles. The summed E-state index contributed by atoms with van der Waals surface area (Å²) in [7, 11) is 0.862. The van der Waals surface area contributed by atoms with Gasteiger partial charge >= 0.3 is 0 Å². The lowest BCUT2D eigenvalue weighted by atomic mass is 9.96. The lowest BCUT2D eigenvalue weighted by Gasteiger charge is -2.09. The highest BCUT2D eigenvalue weighted by Crippen LogP contribution is 2.30. The molecule has 0 saturated carbocycles. The van der Waals surface area contributed by atoms with Gasteiger partial charge < -0.3 is 0 Å². The van der Waals surface area contributed by atoms with Crippen LogP contribution in [0.3, 0.4) is 0 Å². The smallest absolute Gasteiger partial charge is 0.0122 e. The van der Waals surface area contributed by atoms with Crippen LogP contribution in [0, 0.1) is 20.8 Å². The number of hydrogen-bond donors (Lipinski definition) is 0. The summed E-state index contributed by atoms with van der Waals surface area (Å²) in [5, 5.41) is 0. The first-order chi connectivity index (χ1) is 6.68. The van der Waals surface area contributed by atoms with Gasteiger partial charge in [0.25, 0.3) is 0 Å². The highest BCUT2D eigenvalue weighted by atomic mass is 31.0. The van der Waals surface area contributed by atoms with Gasteiger partial charge in [0, 0.05) is 0 Å². The molecule has 2 rings (SSSR count). The standard InChI is InChI=1S/C13H15P/c1-9-6-10(2)13(11(3)7-9)12-4-5-14-8-12/h4-8,14H,1-3H3. The van der Waals surface area contributed by atoms with Crippen molar-refractivity contribution in [2.45, 2.75) is 20.8 Å². The predicted molar refractivity (Wildman–Crippen MR) is 65.6 cm³/mol. The molecular weight excluding hydrogens is 187 g/mol. The topological polar surface area (TPSA) is 0 Å². The maximum atomic E-state index is 2.32. The molecule has 0 nitrogen and oxygen atoms in total. The van der Waals surface area contributed by atoms with E-state index >= 15 is 0 Å². The van der Waals surface area contributed by atoms with Gasteiger partial charge in [-0.2, -0.15) is 0 Å². The third-order valence-corrected chi connectivity index (χ3v) is 3.40. The van der Waals surface area contributed by atoms with Gasteiger partial charge in [-0.05, 0) is 54.6 Å². The van der Waals surface area contributed by atoms with Crippen molar-refractivity contribution < 1.29 is 0 Å². The molecule has 1 atom stereocenters. The van der Waals surface area contributed by atoms with Crippen LogP contribution in [0.25, 0.3) is 11.1 Å². The first-order valence-electron chi connectivity index (χ1n) is 4.89. The third-order valence-electron chi connectivity index (χ3n) is 2.56. The normalized spacial score (nSPS) is 11.1. The average molecular weight is 202 g/mol. The summed E-state index contributed by atoms with van der Waals surface area (Å²) >= 11 is 0. The van der Waals surface area contributed by atoms with Gasteiger partial charge in [-0.1, -0.05) is 23.8 Å². The van der Waals surface area contributed by atoms with E-state index in [4.69, 9.17) is 0 Å². The minimum absolute atomic E-state index is 0.862. The third kappa shape index (κ3) is 1.63. The molecule has 1 aromatic carbocycles. The molecule has 72 valence electrons. The minimum atomic E-state index is 0.862. The second kappa shape index (κ2) is 3.63. The molecule has 1 heteroatoms. The van der Waals surface area contributed by atoms with Gasteiger partial charge in [0.15, 0.2) is 0 Å². The quantitative estimate of drug-likeness (QED) is 0.646. The van der Waals surface area contributed by atoms with E-state index in [2.05, 4.69) is 50.6 Å². The fourth-order valence-electron chi connectivity index (χ4n) is 2.11. The summed E-state index contributed by atoms with van der Waals surface area (Å²) in [6, 6.07) is 6.76. The molecule has 0 aliphatic heterocycles. The Morgan fingerprint density at radius 2 is 1.64 bits per heavy atom. The van der Waals surface area contributed by atoms with E-state index in [-0.39, 0.29) is 0 Å². The number of aryl methyl sites for hydroxylation is 3.